The molecule has 0 atom stereocenters. The Labute approximate surface area is 173 Å². The number of hydrogen-bond donors (Lipinski definition) is 2. The largest absolute Gasteiger partial charge is 0.465 e. The number of aromatic nitrogens is 1. The standard InChI is InChI=1S/C24H31N3O2/c1-15(2)12-21-19(10-11-25)23(18-8-6-17(5)7-9-18)20(14-26-24(28)29)22(27-21)13-16(3)4/h6-9,15-16,26H,10,12-14H2,1-5H3,(H,28,29). The lowest BCUT2D eigenvalue weighted by Gasteiger charge is -2.23. The van der Waals surface area contributed by atoms with Crippen LogP contribution in [0, 0.1) is 30.1 Å². The molecule has 0 unspecified atom stereocenters. The number of amides is 1. The summed E-state index contributed by atoms with van der Waals surface area (Å²) in [5, 5.41) is 21.3. The summed E-state index contributed by atoms with van der Waals surface area (Å²) in [5.41, 5.74) is 6.78. The molecule has 0 aliphatic heterocycles. The van der Waals surface area contributed by atoms with Crippen molar-refractivity contribution in [3.8, 4) is 17.2 Å². The van der Waals surface area contributed by atoms with Crippen molar-refractivity contribution in [3.05, 3.63) is 52.3 Å². The number of hydrogen-bond acceptors (Lipinski definition) is 3. The van der Waals surface area contributed by atoms with Crippen LogP contribution in [0.3, 0.4) is 0 Å². The van der Waals surface area contributed by atoms with Crippen LogP contribution < -0.4 is 5.32 Å². The number of benzene rings is 1. The number of pyridine rings is 1. The molecule has 5 nitrogen and oxygen atoms in total. The zero-order chi connectivity index (χ0) is 21.6. The Morgan fingerprint density at radius 1 is 1.07 bits per heavy atom. The molecule has 0 aliphatic rings. The topological polar surface area (TPSA) is 86.0 Å². The normalized spacial score (nSPS) is 11.0. The van der Waals surface area contributed by atoms with E-state index in [4.69, 9.17) is 4.98 Å². The van der Waals surface area contributed by atoms with Gasteiger partial charge in [-0.1, -0.05) is 57.5 Å². The van der Waals surface area contributed by atoms with Gasteiger partial charge in [0, 0.05) is 23.5 Å². The number of nitrogens with one attached hydrogen (secondary N) is 1. The van der Waals surface area contributed by atoms with Crippen molar-refractivity contribution in [1.29, 1.82) is 5.26 Å². The molecule has 154 valence electrons. The highest BCUT2D eigenvalue weighted by Gasteiger charge is 2.22. The van der Waals surface area contributed by atoms with Gasteiger partial charge in [0.15, 0.2) is 0 Å². The average Bonchev–Trinajstić information content (AvgIpc) is 2.62. The fourth-order valence-corrected chi connectivity index (χ4v) is 3.57. The maximum atomic E-state index is 11.2. The molecule has 1 amide bonds. The van der Waals surface area contributed by atoms with Crippen LogP contribution in [0.4, 0.5) is 4.79 Å². The minimum absolute atomic E-state index is 0.175. The number of aryl methyl sites for hydroxylation is 1. The van der Waals surface area contributed by atoms with Gasteiger partial charge in [0.05, 0.1) is 12.5 Å². The molecule has 0 spiro atoms. The van der Waals surface area contributed by atoms with E-state index in [0.29, 0.717) is 11.8 Å². The molecule has 1 heterocycles. The molecule has 1 aromatic heterocycles. The zero-order valence-electron chi connectivity index (χ0n) is 18.0. The molecular formula is C24H31N3O2. The molecule has 0 bridgehead atoms. The summed E-state index contributed by atoms with van der Waals surface area (Å²) in [7, 11) is 0. The van der Waals surface area contributed by atoms with Crippen LogP contribution in [-0.2, 0) is 25.8 Å². The van der Waals surface area contributed by atoms with Crippen molar-refractivity contribution < 1.29 is 9.90 Å². The molecule has 29 heavy (non-hydrogen) atoms. The molecule has 0 radical (unpaired) electrons. The minimum atomic E-state index is -1.07. The van der Waals surface area contributed by atoms with Gasteiger partial charge in [0.1, 0.15) is 0 Å². The Morgan fingerprint density at radius 2 is 1.62 bits per heavy atom. The fraction of sp³-hybridized carbons (Fsp3) is 0.458. The van der Waals surface area contributed by atoms with E-state index >= 15 is 0 Å². The van der Waals surface area contributed by atoms with Gasteiger partial charge < -0.3 is 10.4 Å². The molecular weight excluding hydrogens is 362 g/mol. The van der Waals surface area contributed by atoms with Crippen LogP contribution in [0.25, 0.3) is 11.1 Å². The average molecular weight is 394 g/mol. The lowest BCUT2D eigenvalue weighted by Crippen LogP contribution is -2.23. The number of nitriles is 1. The van der Waals surface area contributed by atoms with Crippen molar-refractivity contribution in [2.45, 2.75) is 60.4 Å². The van der Waals surface area contributed by atoms with Crippen LogP contribution in [-0.4, -0.2) is 16.2 Å². The summed E-state index contributed by atoms with van der Waals surface area (Å²) in [4.78, 5) is 16.2. The van der Waals surface area contributed by atoms with E-state index in [2.05, 4.69) is 39.1 Å². The molecule has 2 aromatic rings. The second-order valence-electron chi connectivity index (χ2n) is 8.39. The van der Waals surface area contributed by atoms with E-state index in [9.17, 15) is 15.2 Å². The lowest BCUT2D eigenvalue weighted by atomic mass is 9.87. The third-order valence-electron chi connectivity index (χ3n) is 4.79. The Kier molecular flexibility index (Phi) is 7.78. The Bertz CT molecular complexity index is 894. The summed E-state index contributed by atoms with van der Waals surface area (Å²) < 4.78 is 0. The van der Waals surface area contributed by atoms with Crippen molar-refractivity contribution in [1.82, 2.24) is 10.3 Å². The lowest BCUT2D eigenvalue weighted by molar-refractivity contribution is 0.194. The summed E-state index contributed by atoms with van der Waals surface area (Å²) in [5.74, 6) is 0.784. The number of rotatable bonds is 8. The Hall–Kier alpha value is -2.87. The second kappa shape index (κ2) is 10.1. The van der Waals surface area contributed by atoms with E-state index < -0.39 is 6.09 Å². The first kappa shape index (κ1) is 22.4. The maximum Gasteiger partial charge on any atom is 0.404 e. The predicted octanol–water partition coefficient (Wildman–Crippen LogP) is 5.29. The first-order chi connectivity index (χ1) is 13.7. The quantitative estimate of drug-likeness (QED) is 0.638. The van der Waals surface area contributed by atoms with Crippen LogP contribution >= 0.6 is 0 Å². The van der Waals surface area contributed by atoms with Gasteiger partial charge in [-0.15, -0.1) is 0 Å². The monoisotopic (exact) mass is 393 g/mol. The zero-order valence-corrected chi connectivity index (χ0v) is 18.0. The second-order valence-corrected chi connectivity index (χ2v) is 8.39. The van der Waals surface area contributed by atoms with Crippen LogP contribution in [0.15, 0.2) is 24.3 Å². The fourth-order valence-electron chi connectivity index (χ4n) is 3.57. The first-order valence-electron chi connectivity index (χ1n) is 10.2. The molecule has 1 aromatic carbocycles. The molecule has 5 heteroatoms. The molecule has 2 rings (SSSR count). The third kappa shape index (κ3) is 6.05. The highest BCUT2D eigenvalue weighted by atomic mass is 16.4. The van der Waals surface area contributed by atoms with Crippen LogP contribution in [0.5, 0.6) is 0 Å². The van der Waals surface area contributed by atoms with Crippen LogP contribution in [0.1, 0.15) is 55.8 Å². The van der Waals surface area contributed by atoms with Crippen molar-refractivity contribution in [3.63, 3.8) is 0 Å². The van der Waals surface area contributed by atoms with Crippen molar-refractivity contribution in [2.75, 3.05) is 0 Å². The predicted molar refractivity (Wildman–Crippen MR) is 116 cm³/mol. The summed E-state index contributed by atoms with van der Waals surface area (Å²) in [6.07, 6.45) is 0.727. The van der Waals surface area contributed by atoms with Gasteiger partial charge in [-0.3, -0.25) is 4.98 Å². The summed E-state index contributed by atoms with van der Waals surface area (Å²) in [6, 6.07) is 10.5. The van der Waals surface area contributed by atoms with Gasteiger partial charge in [-0.05, 0) is 48.3 Å². The molecule has 0 fully saturated rings. The number of nitrogens with zero attached hydrogens (tertiary/aromatic N) is 2. The number of carboxylic acid groups (broad SMARTS) is 1. The van der Waals surface area contributed by atoms with Crippen molar-refractivity contribution >= 4 is 6.09 Å². The Balaban J connectivity index is 2.83. The van der Waals surface area contributed by atoms with E-state index in [1.165, 1.54) is 0 Å². The molecule has 0 saturated heterocycles. The van der Waals surface area contributed by atoms with Gasteiger partial charge in [-0.25, -0.2) is 4.79 Å². The van der Waals surface area contributed by atoms with E-state index in [0.717, 1.165) is 52.0 Å². The molecule has 0 aliphatic carbocycles. The van der Waals surface area contributed by atoms with E-state index in [-0.39, 0.29) is 13.0 Å². The third-order valence-corrected chi connectivity index (χ3v) is 4.79. The molecule has 0 saturated carbocycles. The smallest absolute Gasteiger partial charge is 0.404 e. The minimum Gasteiger partial charge on any atom is -0.465 e. The SMILES string of the molecule is Cc1ccc(-c2c(CC#N)c(CC(C)C)nc(CC(C)C)c2CNC(=O)O)cc1. The van der Waals surface area contributed by atoms with E-state index in [1.807, 2.05) is 31.2 Å². The number of carbonyl (C=O) groups is 1. The maximum absolute atomic E-state index is 11.2. The van der Waals surface area contributed by atoms with Gasteiger partial charge >= 0.3 is 6.09 Å². The van der Waals surface area contributed by atoms with E-state index in [1.54, 1.807) is 0 Å². The van der Waals surface area contributed by atoms with Crippen molar-refractivity contribution in [2.24, 2.45) is 11.8 Å². The van der Waals surface area contributed by atoms with Gasteiger partial charge in [0.25, 0.3) is 0 Å². The Morgan fingerprint density at radius 3 is 2.10 bits per heavy atom. The van der Waals surface area contributed by atoms with Crippen LogP contribution in [0.2, 0.25) is 0 Å². The molecule has 2 N–H and O–H groups in total. The first-order valence-corrected chi connectivity index (χ1v) is 10.2. The highest BCUT2D eigenvalue weighted by Crippen LogP contribution is 2.34. The highest BCUT2D eigenvalue weighted by molar-refractivity contribution is 5.74. The van der Waals surface area contributed by atoms with Gasteiger partial charge in [0.2, 0.25) is 0 Å². The van der Waals surface area contributed by atoms with Gasteiger partial charge in [-0.2, -0.15) is 5.26 Å². The summed E-state index contributed by atoms with van der Waals surface area (Å²) >= 11 is 0. The summed E-state index contributed by atoms with van der Waals surface area (Å²) in [6.45, 7) is 10.8.